The van der Waals surface area contributed by atoms with Crippen LogP contribution in [0.1, 0.15) is 36.5 Å². The maximum atomic E-state index is 2.52. The van der Waals surface area contributed by atoms with Gasteiger partial charge in [-0.05, 0) is 83.1 Å². The molecule has 8 rings (SSSR count). The van der Waals surface area contributed by atoms with Crippen LogP contribution in [-0.4, -0.2) is 0 Å². The fourth-order valence-corrected chi connectivity index (χ4v) is 7.32. The first-order chi connectivity index (χ1) is 19.1. The van der Waals surface area contributed by atoms with Crippen LogP contribution in [0.5, 0.6) is 0 Å². The summed E-state index contributed by atoms with van der Waals surface area (Å²) in [6, 6.07) is 42.7. The molecule has 2 aliphatic rings. The number of allylic oxidation sites excluding steroid dienone is 4. The number of benzene rings is 6. The van der Waals surface area contributed by atoms with Gasteiger partial charge in [-0.1, -0.05) is 141 Å². The first-order valence-electron chi connectivity index (χ1n) is 14.0. The quantitative estimate of drug-likeness (QED) is 0.208. The summed E-state index contributed by atoms with van der Waals surface area (Å²) in [5.41, 5.74) is 8.26. The Kier molecular flexibility index (Phi) is 4.79. The monoisotopic (exact) mass is 498 g/mol. The van der Waals surface area contributed by atoms with E-state index in [0.717, 1.165) is 0 Å². The molecule has 0 amide bonds. The summed E-state index contributed by atoms with van der Waals surface area (Å²) in [7, 11) is 0. The van der Waals surface area contributed by atoms with Crippen LogP contribution in [0.2, 0.25) is 0 Å². The summed E-state index contributed by atoms with van der Waals surface area (Å²) in [6.07, 6.45) is 7.29. The van der Waals surface area contributed by atoms with Crippen LogP contribution in [-0.2, 0) is 5.41 Å². The molecule has 0 saturated heterocycles. The molecule has 39 heavy (non-hydrogen) atoms. The largest absolute Gasteiger partial charge is 0.0758 e. The van der Waals surface area contributed by atoms with Crippen molar-refractivity contribution in [3.05, 3.63) is 150 Å². The van der Waals surface area contributed by atoms with Crippen molar-refractivity contribution < 1.29 is 0 Å². The van der Waals surface area contributed by atoms with E-state index in [1.807, 2.05) is 0 Å². The van der Waals surface area contributed by atoms with E-state index in [-0.39, 0.29) is 5.41 Å². The lowest BCUT2D eigenvalue weighted by Gasteiger charge is -2.31. The third kappa shape index (κ3) is 3.31. The third-order valence-corrected chi connectivity index (χ3v) is 9.37. The highest BCUT2D eigenvalue weighted by Crippen LogP contribution is 2.54. The van der Waals surface area contributed by atoms with Gasteiger partial charge in [-0.3, -0.25) is 0 Å². The number of rotatable bonds is 2. The van der Waals surface area contributed by atoms with Crippen LogP contribution < -0.4 is 0 Å². The van der Waals surface area contributed by atoms with Gasteiger partial charge < -0.3 is 0 Å². The minimum atomic E-state index is 0.134. The minimum absolute atomic E-state index is 0.134. The van der Waals surface area contributed by atoms with Crippen molar-refractivity contribution in [3.8, 4) is 11.1 Å². The molecule has 6 aromatic carbocycles. The lowest BCUT2D eigenvalue weighted by molar-refractivity contribution is 0.395. The van der Waals surface area contributed by atoms with Crippen LogP contribution in [0.15, 0.2) is 133 Å². The maximum absolute atomic E-state index is 2.52. The third-order valence-electron chi connectivity index (χ3n) is 9.37. The second-order valence-electron chi connectivity index (χ2n) is 11.8. The smallest absolute Gasteiger partial charge is 0.00957 e. The van der Waals surface area contributed by atoms with Gasteiger partial charge in [0.15, 0.2) is 0 Å². The van der Waals surface area contributed by atoms with Gasteiger partial charge in [0.05, 0.1) is 0 Å². The molecule has 2 unspecified atom stereocenters. The minimum Gasteiger partial charge on any atom is -0.0758 e. The summed E-state index contributed by atoms with van der Waals surface area (Å²) in [4.78, 5) is 0. The number of hydrogen-bond donors (Lipinski definition) is 0. The molecular weight excluding hydrogens is 468 g/mol. The van der Waals surface area contributed by atoms with E-state index in [2.05, 4.69) is 147 Å². The van der Waals surface area contributed by atoms with Gasteiger partial charge in [0.25, 0.3) is 0 Å². The molecule has 2 aliphatic carbocycles. The molecule has 6 aromatic rings. The second kappa shape index (κ2) is 8.29. The number of fused-ring (bicyclic) bond motifs is 9. The Labute approximate surface area is 229 Å². The average molecular weight is 499 g/mol. The van der Waals surface area contributed by atoms with Gasteiger partial charge in [-0.2, -0.15) is 0 Å². The first-order valence-corrected chi connectivity index (χ1v) is 14.0. The Morgan fingerprint density at radius 3 is 1.74 bits per heavy atom. The van der Waals surface area contributed by atoms with Gasteiger partial charge in [-0.15, -0.1) is 0 Å². The molecule has 2 atom stereocenters. The Bertz CT molecular complexity index is 1950. The molecule has 0 nitrogen and oxygen atoms in total. The van der Waals surface area contributed by atoms with Crippen LogP contribution >= 0.6 is 0 Å². The van der Waals surface area contributed by atoms with Crippen molar-refractivity contribution >= 4 is 37.9 Å². The highest BCUT2D eigenvalue weighted by Gasteiger charge is 2.44. The lowest BCUT2D eigenvalue weighted by atomic mass is 9.73. The molecule has 0 radical (unpaired) electrons. The van der Waals surface area contributed by atoms with E-state index in [1.54, 1.807) is 0 Å². The van der Waals surface area contributed by atoms with Crippen molar-refractivity contribution in [1.82, 2.24) is 0 Å². The predicted octanol–water partition coefficient (Wildman–Crippen LogP) is 10.5. The molecule has 0 saturated carbocycles. The average Bonchev–Trinajstić information content (AvgIpc) is 3.23. The Morgan fingerprint density at radius 1 is 0.513 bits per heavy atom. The zero-order valence-corrected chi connectivity index (χ0v) is 22.4. The standard InChI is InChI=1S/C39H30/c1-39(2)37-14-8-7-13-34(37)35-22-20-28(24-38(35)39)26-17-15-25(16-18-26)27-19-21-33-31-11-4-3-9-29(31)30-10-5-6-12-32(30)36(33)23-27/h3-24,35,38H,1-2H3. The Morgan fingerprint density at radius 2 is 1.05 bits per heavy atom. The Hall–Kier alpha value is -4.42. The zero-order valence-electron chi connectivity index (χ0n) is 22.4. The fourth-order valence-electron chi connectivity index (χ4n) is 7.32. The molecule has 0 heterocycles. The highest BCUT2D eigenvalue weighted by atomic mass is 14.5. The second-order valence-corrected chi connectivity index (χ2v) is 11.8. The maximum Gasteiger partial charge on any atom is 0.00957 e. The van der Waals surface area contributed by atoms with Crippen molar-refractivity contribution in [2.24, 2.45) is 5.92 Å². The van der Waals surface area contributed by atoms with Gasteiger partial charge in [-0.25, -0.2) is 0 Å². The summed E-state index contributed by atoms with van der Waals surface area (Å²) in [6.45, 7) is 4.80. The summed E-state index contributed by atoms with van der Waals surface area (Å²) < 4.78 is 0. The van der Waals surface area contributed by atoms with E-state index in [1.165, 1.54) is 65.7 Å². The van der Waals surface area contributed by atoms with Gasteiger partial charge in [0, 0.05) is 5.92 Å². The molecule has 0 bridgehead atoms. The topological polar surface area (TPSA) is 0 Å². The van der Waals surface area contributed by atoms with Crippen LogP contribution in [0.3, 0.4) is 0 Å². The molecule has 0 N–H and O–H groups in total. The molecule has 0 spiro atoms. The summed E-state index contributed by atoms with van der Waals surface area (Å²) in [5.74, 6) is 0.959. The van der Waals surface area contributed by atoms with Crippen molar-refractivity contribution in [1.29, 1.82) is 0 Å². The van der Waals surface area contributed by atoms with E-state index < -0.39 is 0 Å². The van der Waals surface area contributed by atoms with Gasteiger partial charge >= 0.3 is 0 Å². The van der Waals surface area contributed by atoms with E-state index in [9.17, 15) is 0 Å². The molecule has 186 valence electrons. The molecule has 0 fully saturated rings. The van der Waals surface area contributed by atoms with Crippen LogP contribution in [0.25, 0.3) is 49.0 Å². The van der Waals surface area contributed by atoms with Crippen LogP contribution in [0.4, 0.5) is 0 Å². The van der Waals surface area contributed by atoms with Crippen LogP contribution in [0, 0.1) is 5.92 Å². The molecule has 0 aromatic heterocycles. The van der Waals surface area contributed by atoms with E-state index in [4.69, 9.17) is 0 Å². The summed E-state index contributed by atoms with van der Waals surface area (Å²) >= 11 is 0. The lowest BCUT2D eigenvalue weighted by Crippen LogP contribution is -2.25. The normalized spacial score (nSPS) is 19.3. The van der Waals surface area contributed by atoms with Crippen molar-refractivity contribution in [2.45, 2.75) is 25.2 Å². The molecule has 0 aliphatic heterocycles. The SMILES string of the molecule is CC1(C)c2ccccc2C2C=CC(c3ccc(-c4ccc5c6ccccc6c6ccccc6c5c4)cc3)=CC21. The van der Waals surface area contributed by atoms with Gasteiger partial charge in [0.1, 0.15) is 0 Å². The van der Waals surface area contributed by atoms with E-state index in [0.29, 0.717) is 11.8 Å². The zero-order chi connectivity index (χ0) is 26.1. The number of hydrogen-bond acceptors (Lipinski definition) is 0. The fraction of sp³-hybridized carbons (Fsp3) is 0.128. The van der Waals surface area contributed by atoms with E-state index >= 15 is 0 Å². The van der Waals surface area contributed by atoms with Crippen molar-refractivity contribution in [3.63, 3.8) is 0 Å². The molecule has 0 heteroatoms. The molecular formula is C39H30. The first kappa shape index (κ1) is 22.6. The predicted molar refractivity (Wildman–Crippen MR) is 167 cm³/mol. The van der Waals surface area contributed by atoms with Gasteiger partial charge in [0.2, 0.25) is 0 Å². The summed E-state index contributed by atoms with van der Waals surface area (Å²) in [5, 5.41) is 7.91. The Balaban J connectivity index is 1.18. The van der Waals surface area contributed by atoms with Crippen molar-refractivity contribution in [2.75, 3.05) is 0 Å². The highest BCUT2D eigenvalue weighted by molar-refractivity contribution is 6.25.